The summed E-state index contributed by atoms with van der Waals surface area (Å²) in [6, 6.07) is 14.8. The van der Waals surface area contributed by atoms with Crippen molar-refractivity contribution in [2.24, 2.45) is 0 Å². The molecular weight excluding hydrogens is 408 g/mol. The van der Waals surface area contributed by atoms with Gasteiger partial charge in [0.15, 0.2) is 0 Å². The number of rotatable bonds is 5. The van der Waals surface area contributed by atoms with E-state index in [-0.39, 0.29) is 18.3 Å². The first-order valence-corrected chi connectivity index (χ1v) is 10.6. The Morgan fingerprint density at radius 1 is 1.22 bits per heavy atom. The molecule has 5 rings (SSSR count). The fraction of sp³-hybridized carbons (Fsp3) is 0.304. The lowest BCUT2D eigenvalue weighted by molar-refractivity contribution is -0.120. The Bertz CT molecular complexity index is 1140. The van der Waals surface area contributed by atoms with E-state index < -0.39 is 11.9 Å². The van der Waals surface area contributed by atoms with E-state index in [0.29, 0.717) is 23.7 Å². The van der Waals surface area contributed by atoms with Crippen LogP contribution >= 0.6 is 0 Å². The van der Waals surface area contributed by atoms with Crippen molar-refractivity contribution in [3.05, 3.63) is 65.7 Å². The van der Waals surface area contributed by atoms with Gasteiger partial charge in [-0.25, -0.2) is 4.98 Å². The van der Waals surface area contributed by atoms with Gasteiger partial charge in [0.2, 0.25) is 5.82 Å². The Balaban J connectivity index is 1.27. The summed E-state index contributed by atoms with van der Waals surface area (Å²) in [5.74, 6) is 0.409. The van der Waals surface area contributed by atoms with Gasteiger partial charge in [-0.3, -0.25) is 14.7 Å². The van der Waals surface area contributed by atoms with Gasteiger partial charge in [-0.1, -0.05) is 30.3 Å². The number of aromatic nitrogens is 3. The largest absolute Gasteiger partial charge is 0.489 e. The minimum atomic E-state index is -0.844. The highest BCUT2D eigenvalue weighted by Crippen LogP contribution is 2.35. The van der Waals surface area contributed by atoms with Gasteiger partial charge in [0.1, 0.15) is 24.2 Å². The molecule has 164 valence electrons. The van der Waals surface area contributed by atoms with Gasteiger partial charge in [-0.2, -0.15) is 0 Å². The van der Waals surface area contributed by atoms with E-state index in [4.69, 9.17) is 4.74 Å². The molecule has 1 fully saturated rings. The highest BCUT2D eigenvalue weighted by atomic mass is 16.5. The minimum absolute atomic E-state index is 0.00628. The predicted molar refractivity (Wildman–Crippen MR) is 119 cm³/mol. The average Bonchev–Trinajstić information content (AvgIpc) is 3.20. The number of ether oxygens (including phenoxy) is 1. The Labute approximate surface area is 185 Å². The van der Waals surface area contributed by atoms with Gasteiger partial charge >= 0.3 is 0 Å². The van der Waals surface area contributed by atoms with Crippen LogP contribution in [0.3, 0.4) is 0 Å². The first kappa shape index (κ1) is 20.0. The quantitative estimate of drug-likeness (QED) is 0.637. The summed E-state index contributed by atoms with van der Waals surface area (Å²) in [4.78, 5) is 33.8. The second-order valence-electron chi connectivity index (χ2n) is 8.00. The number of likely N-dealkylation sites (N-methyl/N-ethyl adjacent to an activating group) is 1. The van der Waals surface area contributed by atoms with Crippen molar-refractivity contribution in [1.29, 1.82) is 0 Å². The molecule has 0 radical (unpaired) electrons. The van der Waals surface area contributed by atoms with Crippen LogP contribution in [0.2, 0.25) is 0 Å². The zero-order valence-corrected chi connectivity index (χ0v) is 17.7. The summed E-state index contributed by atoms with van der Waals surface area (Å²) in [7, 11) is 1.69. The van der Waals surface area contributed by atoms with E-state index in [2.05, 4.69) is 25.4 Å². The molecule has 0 spiro atoms. The average molecular weight is 432 g/mol. The van der Waals surface area contributed by atoms with E-state index in [1.807, 2.05) is 48.5 Å². The number of amides is 2. The van der Waals surface area contributed by atoms with Crippen molar-refractivity contribution >= 4 is 23.2 Å². The summed E-state index contributed by atoms with van der Waals surface area (Å²) in [6.45, 7) is 2.06. The molecule has 3 aromatic rings. The van der Waals surface area contributed by atoms with E-state index >= 15 is 0 Å². The number of fused-ring (bicyclic) bond motifs is 1. The SMILES string of the molecule is CN1C(=O)C(NC(=O)c2n[nH]c(Cc3ccccc3)n2)COc2ccc(N3CCC3)cc21. The number of nitrogens with one attached hydrogen (secondary N) is 2. The molecule has 1 unspecified atom stereocenters. The molecule has 0 bridgehead atoms. The maximum atomic E-state index is 13.1. The van der Waals surface area contributed by atoms with Crippen LogP contribution in [0.4, 0.5) is 11.4 Å². The zero-order valence-electron chi connectivity index (χ0n) is 17.7. The molecule has 1 aromatic heterocycles. The molecule has 9 nitrogen and oxygen atoms in total. The van der Waals surface area contributed by atoms with Crippen molar-refractivity contribution < 1.29 is 14.3 Å². The first-order chi connectivity index (χ1) is 15.6. The molecule has 1 atom stereocenters. The third-order valence-corrected chi connectivity index (χ3v) is 5.81. The van der Waals surface area contributed by atoms with E-state index in [9.17, 15) is 9.59 Å². The fourth-order valence-corrected chi connectivity index (χ4v) is 3.85. The second-order valence-corrected chi connectivity index (χ2v) is 8.00. The molecule has 2 amide bonds. The van der Waals surface area contributed by atoms with Crippen LogP contribution in [-0.2, 0) is 11.2 Å². The monoisotopic (exact) mass is 432 g/mol. The number of H-pyrrole nitrogens is 1. The van der Waals surface area contributed by atoms with Crippen LogP contribution in [-0.4, -0.2) is 59.8 Å². The van der Waals surface area contributed by atoms with Crippen LogP contribution in [0.5, 0.6) is 5.75 Å². The van der Waals surface area contributed by atoms with Crippen LogP contribution in [0.1, 0.15) is 28.4 Å². The number of nitrogens with zero attached hydrogens (tertiary/aromatic N) is 4. The molecule has 9 heteroatoms. The standard InChI is InChI=1S/C23H24N6O3/c1-28-18-13-16(29-10-5-11-29)8-9-19(18)32-14-17(23(28)31)24-22(30)21-25-20(26-27-21)12-15-6-3-2-4-7-15/h2-4,6-9,13,17H,5,10-12,14H2,1H3,(H,24,30)(H,25,26,27). The molecule has 2 aliphatic rings. The normalized spacial score (nSPS) is 17.8. The van der Waals surface area contributed by atoms with E-state index in [1.54, 1.807) is 7.05 Å². The number of anilines is 2. The van der Waals surface area contributed by atoms with Gasteiger partial charge in [0.25, 0.3) is 11.8 Å². The molecule has 2 aliphatic heterocycles. The van der Waals surface area contributed by atoms with Crippen molar-refractivity contribution in [2.45, 2.75) is 18.9 Å². The number of hydrogen-bond acceptors (Lipinski definition) is 6. The fourth-order valence-electron chi connectivity index (χ4n) is 3.85. The lowest BCUT2D eigenvalue weighted by atomic mass is 10.1. The summed E-state index contributed by atoms with van der Waals surface area (Å²) in [5.41, 5.74) is 2.81. The highest BCUT2D eigenvalue weighted by Gasteiger charge is 2.32. The van der Waals surface area contributed by atoms with E-state index in [0.717, 1.165) is 24.3 Å². The first-order valence-electron chi connectivity index (χ1n) is 10.6. The Morgan fingerprint density at radius 2 is 2.03 bits per heavy atom. The number of benzene rings is 2. The summed E-state index contributed by atoms with van der Waals surface area (Å²) in [5, 5.41) is 9.52. The molecule has 2 aromatic carbocycles. The smallest absolute Gasteiger partial charge is 0.291 e. The summed E-state index contributed by atoms with van der Waals surface area (Å²) in [6.07, 6.45) is 1.70. The van der Waals surface area contributed by atoms with Gasteiger partial charge in [0.05, 0.1) is 5.69 Å². The molecule has 1 saturated heterocycles. The Hall–Kier alpha value is -3.88. The topological polar surface area (TPSA) is 103 Å². The number of aromatic amines is 1. The maximum Gasteiger partial charge on any atom is 0.291 e. The Kier molecular flexibility index (Phi) is 5.22. The van der Waals surface area contributed by atoms with Crippen LogP contribution < -0.4 is 19.9 Å². The van der Waals surface area contributed by atoms with Crippen molar-refractivity contribution in [3.63, 3.8) is 0 Å². The summed E-state index contributed by atoms with van der Waals surface area (Å²) >= 11 is 0. The van der Waals surface area contributed by atoms with Crippen LogP contribution in [0.25, 0.3) is 0 Å². The van der Waals surface area contributed by atoms with Crippen molar-refractivity contribution in [3.8, 4) is 5.75 Å². The second kappa shape index (κ2) is 8.33. The maximum absolute atomic E-state index is 13.1. The summed E-state index contributed by atoms with van der Waals surface area (Å²) < 4.78 is 5.86. The van der Waals surface area contributed by atoms with Crippen LogP contribution in [0.15, 0.2) is 48.5 Å². The highest BCUT2D eigenvalue weighted by molar-refractivity contribution is 6.02. The van der Waals surface area contributed by atoms with Gasteiger partial charge in [-0.15, -0.1) is 5.10 Å². The molecule has 32 heavy (non-hydrogen) atoms. The predicted octanol–water partition coefficient (Wildman–Crippen LogP) is 1.76. The molecule has 0 saturated carbocycles. The van der Waals surface area contributed by atoms with Crippen molar-refractivity contribution in [1.82, 2.24) is 20.5 Å². The third kappa shape index (κ3) is 3.89. The zero-order chi connectivity index (χ0) is 22.1. The lowest BCUT2D eigenvalue weighted by Crippen LogP contribution is -2.49. The number of carbonyl (C=O) groups excluding carboxylic acids is 2. The van der Waals surface area contributed by atoms with Gasteiger partial charge in [0, 0.05) is 32.2 Å². The number of hydrogen-bond donors (Lipinski definition) is 2. The van der Waals surface area contributed by atoms with Crippen LogP contribution in [0, 0.1) is 0 Å². The molecular formula is C23H24N6O3. The third-order valence-electron chi connectivity index (χ3n) is 5.81. The lowest BCUT2D eigenvalue weighted by Gasteiger charge is -2.34. The van der Waals surface area contributed by atoms with Gasteiger partial charge < -0.3 is 19.9 Å². The molecule has 0 aliphatic carbocycles. The van der Waals surface area contributed by atoms with E-state index in [1.165, 1.54) is 11.3 Å². The van der Waals surface area contributed by atoms with Crippen molar-refractivity contribution in [2.75, 3.05) is 36.5 Å². The molecule has 2 N–H and O–H groups in total. The number of carbonyl (C=O) groups is 2. The molecule has 3 heterocycles. The minimum Gasteiger partial charge on any atom is -0.489 e. The Morgan fingerprint density at radius 3 is 2.78 bits per heavy atom. The van der Waals surface area contributed by atoms with Gasteiger partial charge in [-0.05, 0) is 30.2 Å².